The van der Waals surface area contributed by atoms with E-state index >= 15 is 0 Å². The van der Waals surface area contributed by atoms with Crippen molar-refractivity contribution < 1.29 is 25.9 Å². The Morgan fingerprint density at radius 1 is 0.812 bits per heavy atom. The molecule has 0 aliphatic heterocycles. The largest absolute Gasteiger partial charge is 0.394 e. The second-order valence-electron chi connectivity index (χ2n) is 2.43. The zero-order valence-electron chi connectivity index (χ0n) is 8.39. The molecular formula is C7H13NO6S2. The monoisotopic (exact) mass is 271 g/mol. The van der Waals surface area contributed by atoms with Crippen molar-refractivity contribution in [1.82, 2.24) is 0 Å². The molecule has 0 saturated heterocycles. The van der Waals surface area contributed by atoms with Gasteiger partial charge in [-0.1, -0.05) is 36.4 Å². The van der Waals surface area contributed by atoms with Crippen molar-refractivity contribution in [3.05, 3.63) is 36.4 Å². The molecule has 9 heteroatoms. The fourth-order valence-corrected chi connectivity index (χ4v) is 0.385. The summed E-state index contributed by atoms with van der Waals surface area (Å²) >= 11 is 0. The van der Waals surface area contributed by atoms with Crippen LogP contribution in [0.3, 0.4) is 0 Å². The van der Waals surface area contributed by atoms with Crippen LogP contribution in [0.1, 0.15) is 0 Å². The molecule has 16 heavy (non-hydrogen) atoms. The molecular weight excluding hydrogens is 258 g/mol. The molecule has 0 heterocycles. The SMILES string of the molecule is CS(N)(=O)=O.O=S(=O)(O)O.c1ccccc1. The summed E-state index contributed by atoms with van der Waals surface area (Å²) in [6.07, 6.45) is 0.938. The fourth-order valence-electron chi connectivity index (χ4n) is 0.385. The molecule has 0 fully saturated rings. The molecule has 1 aromatic carbocycles. The molecule has 1 rings (SSSR count). The highest BCUT2D eigenvalue weighted by atomic mass is 32.3. The summed E-state index contributed by atoms with van der Waals surface area (Å²) in [5.74, 6) is 0. The van der Waals surface area contributed by atoms with Crippen molar-refractivity contribution in [2.45, 2.75) is 0 Å². The van der Waals surface area contributed by atoms with Gasteiger partial charge in [-0.25, -0.2) is 13.6 Å². The number of hydrogen-bond donors (Lipinski definition) is 3. The quantitative estimate of drug-likeness (QED) is 0.566. The van der Waals surface area contributed by atoms with Crippen LogP contribution in [0.25, 0.3) is 0 Å². The van der Waals surface area contributed by atoms with Crippen molar-refractivity contribution in [3.8, 4) is 0 Å². The van der Waals surface area contributed by atoms with Gasteiger partial charge in [0, 0.05) is 0 Å². The average molecular weight is 271 g/mol. The molecule has 0 amide bonds. The van der Waals surface area contributed by atoms with Crippen LogP contribution in [0.15, 0.2) is 36.4 Å². The van der Waals surface area contributed by atoms with E-state index in [1.807, 2.05) is 36.4 Å². The maximum atomic E-state index is 9.41. The predicted octanol–water partition coefficient (Wildman–Crippen LogP) is -0.0615. The van der Waals surface area contributed by atoms with Crippen molar-refractivity contribution >= 4 is 20.4 Å². The van der Waals surface area contributed by atoms with Gasteiger partial charge in [0.05, 0.1) is 6.26 Å². The highest BCUT2D eigenvalue weighted by Gasteiger charge is 1.84. The van der Waals surface area contributed by atoms with Crippen LogP contribution in [0.4, 0.5) is 0 Å². The summed E-state index contributed by atoms with van der Waals surface area (Å²) in [4.78, 5) is 0. The Balaban J connectivity index is 0. The minimum atomic E-state index is -4.67. The number of nitrogens with two attached hydrogens (primary N) is 1. The zero-order valence-corrected chi connectivity index (χ0v) is 10.0. The number of rotatable bonds is 0. The number of hydrogen-bond acceptors (Lipinski definition) is 4. The highest BCUT2D eigenvalue weighted by Crippen LogP contribution is 1.79. The summed E-state index contributed by atoms with van der Waals surface area (Å²) in [5.41, 5.74) is 0. The van der Waals surface area contributed by atoms with Crippen molar-refractivity contribution in [3.63, 3.8) is 0 Å². The van der Waals surface area contributed by atoms with Crippen LogP contribution >= 0.6 is 0 Å². The average Bonchev–Trinajstić information content (AvgIpc) is 2.01. The first kappa shape index (κ1) is 17.4. The summed E-state index contributed by atoms with van der Waals surface area (Å²) in [7, 11) is -7.83. The van der Waals surface area contributed by atoms with Crippen LogP contribution < -0.4 is 5.14 Å². The van der Waals surface area contributed by atoms with E-state index < -0.39 is 20.4 Å². The Hall–Kier alpha value is -1.00. The molecule has 0 unspecified atom stereocenters. The molecule has 7 nitrogen and oxygen atoms in total. The van der Waals surface area contributed by atoms with Crippen LogP contribution in [-0.2, 0) is 20.4 Å². The van der Waals surface area contributed by atoms with Crippen molar-refractivity contribution in [2.24, 2.45) is 5.14 Å². The Kier molecular flexibility index (Phi) is 8.90. The molecule has 1 aromatic rings. The van der Waals surface area contributed by atoms with Crippen LogP contribution in [0, 0.1) is 0 Å². The fraction of sp³-hybridized carbons (Fsp3) is 0.143. The van der Waals surface area contributed by atoms with Crippen LogP contribution in [-0.4, -0.2) is 32.2 Å². The maximum Gasteiger partial charge on any atom is 0.394 e. The lowest BCUT2D eigenvalue weighted by atomic mass is 10.4. The lowest BCUT2D eigenvalue weighted by Gasteiger charge is -1.71. The molecule has 0 atom stereocenters. The molecule has 94 valence electrons. The maximum absolute atomic E-state index is 9.41. The van der Waals surface area contributed by atoms with E-state index in [9.17, 15) is 8.42 Å². The topological polar surface area (TPSA) is 135 Å². The summed E-state index contributed by atoms with van der Waals surface area (Å²) in [6, 6.07) is 12.0. The minimum absolute atomic E-state index is 0.938. The van der Waals surface area contributed by atoms with E-state index in [0.717, 1.165) is 6.26 Å². The Labute approximate surface area is 94.5 Å². The Bertz CT molecular complexity index is 380. The van der Waals surface area contributed by atoms with E-state index in [4.69, 9.17) is 17.5 Å². The smallest absolute Gasteiger partial charge is 0.264 e. The van der Waals surface area contributed by atoms with E-state index in [1.54, 1.807) is 0 Å². The van der Waals surface area contributed by atoms with Crippen molar-refractivity contribution in [2.75, 3.05) is 6.26 Å². The molecule has 0 spiro atoms. The third-order valence-corrected chi connectivity index (χ3v) is 0.667. The standard InChI is InChI=1S/C6H6.CH5NO2S.H2O4S/c1-2-4-6-5-3-1;2*1-5(2,3)4/h1-6H;1H3,(H2,2,3,4);(H2,1,2,3,4). The summed E-state index contributed by atoms with van der Waals surface area (Å²) < 4.78 is 50.4. The molecule has 4 N–H and O–H groups in total. The second kappa shape index (κ2) is 8.19. The number of sulfonamides is 1. The van der Waals surface area contributed by atoms with Gasteiger partial charge >= 0.3 is 10.4 Å². The van der Waals surface area contributed by atoms with Gasteiger partial charge in [0.25, 0.3) is 0 Å². The van der Waals surface area contributed by atoms with E-state index in [-0.39, 0.29) is 0 Å². The van der Waals surface area contributed by atoms with E-state index in [0.29, 0.717) is 0 Å². The second-order valence-corrected chi connectivity index (χ2v) is 4.99. The number of primary sulfonamides is 1. The zero-order chi connectivity index (χ0) is 13.2. The Morgan fingerprint density at radius 3 is 0.938 bits per heavy atom. The Morgan fingerprint density at radius 2 is 0.875 bits per heavy atom. The molecule has 0 bridgehead atoms. The lowest BCUT2D eigenvalue weighted by Crippen LogP contribution is -2.07. The first-order valence-corrected chi connectivity index (χ1v) is 7.03. The predicted molar refractivity (Wildman–Crippen MR) is 59.7 cm³/mol. The van der Waals surface area contributed by atoms with Crippen LogP contribution in [0.5, 0.6) is 0 Å². The van der Waals surface area contributed by atoms with Gasteiger partial charge < -0.3 is 0 Å². The molecule has 0 aliphatic rings. The summed E-state index contributed by atoms with van der Waals surface area (Å²) in [5, 5.41) is 4.33. The highest BCUT2D eigenvalue weighted by molar-refractivity contribution is 7.88. The van der Waals surface area contributed by atoms with Gasteiger partial charge in [-0.3, -0.25) is 9.11 Å². The minimum Gasteiger partial charge on any atom is -0.264 e. The number of benzene rings is 1. The first-order chi connectivity index (χ1) is 7.00. The van der Waals surface area contributed by atoms with Gasteiger partial charge in [0.1, 0.15) is 0 Å². The van der Waals surface area contributed by atoms with Gasteiger partial charge in [-0.2, -0.15) is 8.42 Å². The third-order valence-electron chi connectivity index (χ3n) is 0.667. The molecule has 0 radical (unpaired) electrons. The van der Waals surface area contributed by atoms with E-state index in [2.05, 4.69) is 5.14 Å². The molecule has 0 aromatic heterocycles. The van der Waals surface area contributed by atoms with Gasteiger partial charge in [-0.15, -0.1) is 0 Å². The van der Waals surface area contributed by atoms with Gasteiger partial charge in [0.15, 0.2) is 0 Å². The lowest BCUT2D eigenvalue weighted by molar-refractivity contribution is 0.381. The van der Waals surface area contributed by atoms with Crippen LogP contribution in [0.2, 0.25) is 0 Å². The molecule has 0 saturated carbocycles. The third kappa shape index (κ3) is 74.9. The van der Waals surface area contributed by atoms with Gasteiger partial charge in [-0.05, 0) is 0 Å². The molecule has 0 aliphatic carbocycles. The first-order valence-electron chi connectivity index (χ1n) is 3.68. The normalized spacial score (nSPS) is 10.2. The van der Waals surface area contributed by atoms with E-state index in [1.165, 1.54) is 0 Å². The summed E-state index contributed by atoms with van der Waals surface area (Å²) in [6.45, 7) is 0. The van der Waals surface area contributed by atoms with Crippen molar-refractivity contribution in [1.29, 1.82) is 0 Å². The van der Waals surface area contributed by atoms with Gasteiger partial charge in [0.2, 0.25) is 10.0 Å².